The standard InChI is InChI=1S/C19H16BrN3O/c1-13-11-14(8-9-16(13)20)21-19(24)23-12-15-5-4-10-22(15)17-6-2-3-7-18(17)23/h2-11H,12H2,1H3,(H,21,24). The molecule has 2 aromatic carbocycles. The van der Waals surface area contributed by atoms with Crippen molar-refractivity contribution in [2.45, 2.75) is 13.5 Å². The molecule has 120 valence electrons. The van der Waals surface area contributed by atoms with E-state index in [4.69, 9.17) is 0 Å². The molecule has 2 amide bonds. The lowest BCUT2D eigenvalue weighted by molar-refractivity contribution is 0.256. The van der Waals surface area contributed by atoms with Gasteiger partial charge in [0.1, 0.15) is 0 Å². The third kappa shape index (κ3) is 2.51. The molecule has 0 fully saturated rings. The van der Waals surface area contributed by atoms with Crippen LogP contribution in [-0.2, 0) is 6.54 Å². The fraction of sp³-hybridized carbons (Fsp3) is 0.105. The highest BCUT2D eigenvalue weighted by Gasteiger charge is 2.25. The topological polar surface area (TPSA) is 37.3 Å². The Kier molecular flexibility index (Phi) is 3.65. The molecule has 4 nitrogen and oxygen atoms in total. The Labute approximate surface area is 148 Å². The van der Waals surface area contributed by atoms with Gasteiger partial charge < -0.3 is 9.88 Å². The molecule has 0 aliphatic carbocycles. The number of fused-ring (bicyclic) bond motifs is 3. The van der Waals surface area contributed by atoms with E-state index in [-0.39, 0.29) is 6.03 Å². The van der Waals surface area contributed by atoms with E-state index in [0.717, 1.165) is 32.8 Å². The number of urea groups is 1. The van der Waals surface area contributed by atoms with Crippen molar-refractivity contribution in [2.75, 3.05) is 10.2 Å². The number of hydrogen-bond acceptors (Lipinski definition) is 1. The van der Waals surface area contributed by atoms with E-state index in [1.165, 1.54) is 0 Å². The van der Waals surface area contributed by atoms with E-state index in [0.29, 0.717) is 6.54 Å². The number of aryl methyl sites for hydroxylation is 1. The minimum absolute atomic E-state index is 0.128. The maximum atomic E-state index is 12.9. The van der Waals surface area contributed by atoms with Gasteiger partial charge in [0, 0.05) is 22.1 Å². The van der Waals surface area contributed by atoms with Crippen LogP contribution in [0.3, 0.4) is 0 Å². The Morgan fingerprint density at radius 3 is 2.67 bits per heavy atom. The van der Waals surface area contributed by atoms with Crippen LogP contribution >= 0.6 is 15.9 Å². The van der Waals surface area contributed by atoms with Gasteiger partial charge in [0.15, 0.2) is 0 Å². The van der Waals surface area contributed by atoms with Gasteiger partial charge in [-0.05, 0) is 55.0 Å². The van der Waals surface area contributed by atoms with Gasteiger partial charge in [-0.25, -0.2) is 4.79 Å². The van der Waals surface area contributed by atoms with Crippen molar-refractivity contribution in [2.24, 2.45) is 0 Å². The minimum Gasteiger partial charge on any atom is -0.317 e. The molecule has 1 aromatic heterocycles. The minimum atomic E-state index is -0.128. The number of amides is 2. The summed E-state index contributed by atoms with van der Waals surface area (Å²) in [6.07, 6.45) is 2.03. The summed E-state index contributed by atoms with van der Waals surface area (Å²) in [4.78, 5) is 14.6. The predicted octanol–water partition coefficient (Wildman–Crippen LogP) is 5.10. The fourth-order valence-electron chi connectivity index (χ4n) is 3.02. The number of aromatic nitrogens is 1. The van der Waals surface area contributed by atoms with Gasteiger partial charge in [0.2, 0.25) is 0 Å². The molecule has 1 N–H and O–H groups in total. The van der Waals surface area contributed by atoms with Crippen LogP contribution in [0.25, 0.3) is 5.69 Å². The third-order valence-corrected chi connectivity index (χ3v) is 5.13. The molecule has 24 heavy (non-hydrogen) atoms. The summed E-state index contributed by atoms with van der Waals surface area (Å²) in [6, 6.07) is 17.7. The average Bonchev–Trinajstić information content (AvgIpc) is 3.06. The van der Waals surface area contributed by atoms with Crippen LogP contribution in [0.4, 0.5) is 16.2 Å². The van der Waals surface area contributed by atoms with Gasteiger partial charge in [-0.15, -0.1) is 0 Å². The van der Waals surface area contributed by atoms with Crippen molar-refractivity contribution < 1.29 is 4.79 Å². The fourth-order valence-corrected chi connectivity index (χ4v) is 3.26. The van der Waals surface area contributed by atoms with Crippen LogP contribution in [0.2, 0.25) is 0 Å². The first kappa shape index (κ1) is 15.0. The molecular weight excluding hydrogens is 366 g/mol. The Morgan fingerprint density at radius 2 is 1.88 bits per heavy atom. The van der Waals surface area contributed by atoms with Crippen molar-refractivity contribution in [3.05, 3.63) is 76.5 Å². The van der Waals surface area contributed by atoms with E-state index in [1.54, 1.807) is 4.90 Å². The second-order valence-electron chi connectivity index (χ2n) is 5.84. The number of para-hydroxylation sites is 2. The molecule has 1 aliphatic rings. The number of halogens is 1. The van der Waals surface area contributed by atoms with E-state index in [2.05, 4.69) is 25.8 Å². The Balaban J connectivity index is 1.67. The zero-order chi connectivity index (χ0) is 16.7. The lowest BCUT2D eigenvalue weighted by Crippen LogP contribution is -2.38. The Hall–Kier alpha value is -2.53. The summed E-state index contributed by atoms with van der Waals surface area (Å²) in [5.74, 6) is 0. The molecule has 0 saturated carbocycles. The molecule has 0 saturated heterocycles. The molecule has 0 radical (unpaired) electrons. The van der Waals surface area contributed by atoms with Gasteiger partial charge in [0.25, 0.3) is 0 Å². The first-order valence-electron chi connectivity index (χ1n) is 7.74. The highest BCUT2D eigenvalue weighted by Crippen LogP contribution is 2.32. The molecule has 2 heterocycles. The normalized spacial score (nSPS) is 12.5. The molecule has 5 heteroatoms. The van der Waals surface area contributed by atoms with E-state index in [9.17, 15) is 4.79 Å². The van der Waals surface area contributed by atoms with Crippen molar-refractivity contribution >= 4 is 33.3 Å². The quantitative estimate of drug-likeness (QED) is 0.625. The van der Waals surface area contributed by atoms with Crippen LogP contribution in [0.5, 0.6) is 0 Å². The van der Waals surface area contributed by atoms with Gasteiger partial charge in [-0.3, -0.25) is 4.90 Å². The maximum absolute atomic E-state index is 12.9. The third-order valence-electron chi connectivity index (χ3n) is 4.24. The monoisotopic (exact) mass is 381 g/mol. The van der Waals surface area contributed by atoms with Gasteiger partial charge >= 0.3 is 6.03 Å². The largest absolute Gasteiger partial charge is 0.326 e. The van der Waals surface area contributed by atoms with Crippen LogP contribution < -0.4 is 10.2 Å². The molecule has 3 aromatic rings. The zero-order valence-electron chi connectivity index (χ0n) is 13.2. The summed E-state index contributed by atoms with van der Waals surface area (Å²) in [7, 11) is 0. The van der Waals surface area contributed by atoms with Crippen molar-refractivity contribution in [1.29, 1.82) is 0 Å². The number of benzene rings is 2. The molecule has 1 aliphatic heterocycles. The number of nitrogens with zero attached hydrogens (tertiary/aromatic N) is 2. The molecule has 0 unspecified atom stereocenters. The summed E-state index contributed by atoms with van der Waals surface area (Å²) >= 11 is 3.48. The molecule has 0 atom stereocenters. The predicted molar refractivity (Wildman–Crippen MR) is 99.8 cm³/mol. The molecule has 4 rings (SSSR count). The number of carbonyl (C=O) groups excluding carboxylic acids is 1. The smallest absolute Gasteiger partial charge is 0.317 e. The van der Waals surface area contributed by atoms with Crippen molar-refractivity contribution in [3.8, 4) is 5.69 Å². The number of nitrogens with one attached hydrogen (secondary N) is 1. The van der Waals surface area contributed by atoms with Crippen LogP contribution in [-0.4, -0.2) is 10.6 Å². The van der Waals surface area contributed by atoms with Gasteiger partial charge in [-0.2, -0.15) is 0 Å². The number of anilines is 2. The van der Waals surface area contributed by atoms with Crippen LogP contribution in [0.15, 0.2) is 65.3 Å². The number of carbonyl (C=O) groups is 1. The number of hydrogen-bond donors (Lipinski definition) is 1. The Morgan fingerprint density at radius 1 is 1.08 bits per heavy atom. The van der Waals surface area contributed by atoms with Gasteiger partial charge in [-0.1, -0.05) is 28.1 Å². The summed E-state index contributed by atoms with van der Waals surface area (Å²) in [5, 5.41) is 3.00. The first-order chi connectivity index (χ1) is 11.6. The van der Waals surface area contributed by atoms with E-state index in [1.807, 2.05) is 67.7 Å². The van der Waals surface area contributed by atoms with E-state index >= 15 is 0 Å². The lowest BCUT2D eigenvalue weighted by Gasteiger charge is -2.31. The Bertz CT molecular complexity index is 932. The van der Waals surface area contributed by atoms with Crippen molar-refractivity contribution in [1.82, 2.24) is 4.57 Å². The second kappa shape index (κ2) is 5.83. The summed E-state index contributed by atoms with van der Waals surface area (Å²) in [6.45, 7) is 2.55. The molecular formula is C19H16BrN3O. The maximum Gasteiger partial charge on any atom is 0.326 e. The molecule has 0 bridgehead atoms. The SMILES string of the molecule is Cc1cc(NC(=O)N2Cc3cccn3-c3ccccc32)ccc1Br. The number of rotatable bonds is 1. The van der Waals surface area contributed by atoms with Gasteiger partial charge in [0.05, 0.1) is 17.9 Å². The van der Waals surface area contributed by atoms with Crippen LogP contribution in [0, 0.1) is 6.92 Å². The average molecular weight is 382 g/mol. The zero-order valence-corrected chi connectivity index (χ0v) is 14.7. The second-order valence-corrected chi connectivity index (χ2v) is 6.69. The van der Waals surface area contributed by atoms with E-state index < -0.39 is 0 Å². The lowest BCUT2D eigenvalue weighted by atomic mass is 10.2. The first-order valence-corrected chi connectivity index (χ1v) is 8.53. The molecule has 0 spiro atoms. The summed E-state index contributed by atoms with van der Waals surface area (Å²) < 4.78 is 3.16. The van der Waals surface area contributed by atoms with Crippen LogP contribution in [0.1, 0.15) is 11.3 Å². The summed E-state index contributed by atoms with van der Waals surface area (Å²) in [5.41, 5.74) is 4.90. The highest BCUT2D eigenvalue weighted by atomic mass is 79.9. The van der Waals surface area contributed by atoms with Crippen molar-refractivity contribution in [3.63, 3.8) is 0 Å². The highest BCUT2D eigenvalue weighted by molar-refractivity contribution is 9.10.